The molecule has 1 aromatic carbocycles. The number of nitrogens with zero attached hydrogens (tertiary/aromatic N) is 2. The first kappa shape index (κ1) is 16.5. The first-order valence-electron chi connectivity index (χ1n) is 7.90. The Bertz CT molecular complexity index is 525. The van der Waals surface area contributed by atoms with Crippen molar-refractivity contribution in [3.8, 4) is 0 Å². The van der Waals surface area contributed by atoms with E-state index in [0.717, 1.165) is 12.8 Å². The topological polar surface area (TPSA) is 40.6 Å². The van der Waals surface area contributed by atoms with E-state index in [1.165, 1.54) is 6.07 Å². The number of benzene rings is 1. The highest BCUT2D eigenvalue weighted by molar-refractivity contribution is 5.80. The third-order valence-corrected chi connectivity index (χ3v) is 4.03. The average molecular weight is 306 g/mol. The average Bonchev–Trinajstić information content (AvgIpc) is 2.55. The highest BCUT2D eigenvalue weighted by Crippen LogP contribution is 2.11. The first-order valence-corrected chi connectivity index (χ1v) is 7.90. The third kappa shape index (κ3) is 4.29. The van der Waals surface area contributed by atoms with Gasteiger partial charge in [0.2, 0.25) is 11.8 Å². The van der Waals surface area contributed by atoms with E-state index in [1.54, 1.807) is 23.1 Å². The second-order valence-corrected chi connectivity index (χ2v) is 5.63. The standard InChI is InChI=1S/C17H23FN2O2/c1-2-3-8-16(21)19-9-11-20(12-10-19)17(22)13-14-6-4-5-7-15(14)18/h4-7H,2-3,8-13H2,1H3. The Morgan fingerprint density at radius 2 is 1.64 bits per heavy atom. The summed E-state index contributed by atoms with van der Waals surface area (Å²) in [5.41, 5.74) is 0.425. The molecule has 0 aliphatic carbocycles. The van der Waals surface area contributed by atoms with Gasteiger partial charge in [0.1, 0.15) is 5.82 Å². The van der Waals surface area contributed by atoms with Crippen LogP contribution in [0.5, 0.6) is 0 Å². The molecule has 0 bridgehead atoms. The van der Waals surface area contributed by atoms with E-state index in [1.807, 2.05) is 4.90 Å². The minimum atomic E-state index is -0.343. The number of piperazine rings is 1. The summed E-state index contributed by atoms with van der Waals surface area (Å²) in [6.45, 7) is 4.28. The minimum Gasteiger partial charge on any atom is -0.339 e. The zero-order valence-electron chi connectivity index (χ0n) is 13.1. The molecule has 0 N–H and O–H groups in total. The fourth-order valence-electron chi connectivity index (χ4n) is 2.61. The molecule has 0 radical (unpaired) electrons. The molecule has 2 amide bonds. The summed E-state index contributed by atoms with van der Waals surface area (Å²) in [4.78, 5) is 27.7. The summed E-state index contributed by atoms with van der Waals surface area (Å²) in [6, 6.07) is 6.35. The molecule has 0 aromatic heterocycles. The lowest BCUT2D eigenvalue weighted by Gasteiger charge is -2.35. The van der Waals surface area contributed by atoms with Crippen LogP contribution < -0.4 is 0 Å². The van der Waals surface area contributed by atoms with Gasteiger partial charge in [-0.15, -0.1) is 0 Å². The monoisotopic (exact) mass is 306 g/mol. The van der Waals surface area contributed by atoms with Crippen molar-refractivity contribution in [2.24, 2.45) is 0 Å². The Morgan fingerprint density at radius 3 is 2.23 bits per heavy atom. The Hall–Kier alpha value is -1.91. The van der Waals surface area contributed by atoms with Crippen LogP contribution in [0.25, 0.3) is 0 Å². The van der Waals surface area contributed by atoms with Crippen molar-refractivity contribution >= 4 is 11.8 Å². The largest absolute Gasteiger partial charge is 0.339 e. The molecule has 0 unspecified atom stereocenters. The van der Waals surface area contributed by atoms with Gasteiger partial charge in [-0.05, 0) is 18.1 Å². The van der Waals surface area contributed by atoms with E-state index in [9.17, 15) is 14.0 Å². The van der Waals surface area contributed by atoms with Gasteiger partial charge < -0.3 is 9.80 Å². The van der Waals surface area contributed by atoms with Gasteiger partial charge in [-0.1, -0.05) is 31.5 Å². The van der Waals surface area contributed by atoms with Gasteiger partial charge >= 0.3 is 0 Å². The number of carbonyl (C=O) groups excluding carboxylic acids is 2. The smallest absolute Gasteiger partial charge is 0.227 e. The summed E-state index contributed by atoms with van der Waals surface area (Å²) < 4.78 is 13.6. The van der Waals surface area contributed by atoms with Crippen LogP contribution in [0.2, 0.25) is 0 Å². The van der Waals surface area contributed by atoms with Gasteiger partial charge in [-0.3, -0.25) is 9.59 Å². The number of hydrogen-bond donors (Lipinski definition) is 0. The molecule has 2 rings (SSSR count). The van der Waals surface area contributed by atoms with Crippen molar-refractivity contribution in [3.63, 3.8) is 0 Å². The maximum Gasteiger partial charge on any atom is 0.227 e. The van der Waals surface area contributed by atoms with Crippen LogP contribution in [0.15, 0.2) is 24.3 Å². The Balaban J connectivity index is 1.82. The lowest BCUT2D eigenvalue weighted by Crippen LogP contribution is -2.51. The molecule has 22 heavy (non-hydrogen) atoms. The Labute approximate surface area is 130 Å². The predicted molar refractivity (Wildman–Crippen MR) is 82.8 cm³/mol. The SMILES string of the molecule is CCCCC(=O)N1CCN(C(=O)Cc2ccccc2F)CC1. The van der Waals surface area contributed by atoms with Crippen LogP contribution in [0.4, 0.5) is 4.39 Å². The van der Waals surface area contributed by atoms with Gasteiger partial charge in [0.25, 0.3) is 0 Å². The molecule has 4 nitrogen and oxygen atoms in total. The molecule has 0 saturated carbocycles. The van der Waals surface area contributed by atoms with Crippen LogP contribution in [-0.4, -0.2) is 47.8 Å². The van der Waals surface area contributed by atoms with E-state index in [2.05, 4.69) is 6.92 Å². The van der Waals surface area contributed by atoms with Crippen molar-refractivity contribution in [1.29, 1.82) is 0 Å². The van der Waals surface area contributed by atoms with Crippen LogP contribution in [-0.2, 0) is 16.0 Å². The van der Waals surface area contributed by atoms with Crippen LogP contribution >= 0.6 is 0 Å². The molecule has 1 heterocycles. The third-order valence-electron chi connectivity index (χ3n) is 4.03. The van der Waals surface area contributed by atoms with E-state index < -0.39 is 0 Å². The number of hydrogen-bond acceptors (Lipinski definition) is 2. The van der Waals surface area contributed by atoms with E-state index in [4.69, 9.17) is 0 Å². The Morgan fingerprint density at radius 1 is 1.05 bits per heavy atom. The summed E-state index contributed by atoms with van der Waals surface area (Å²) >= 11 is 0. The zero-order chi connectivity index (χ0) is 15.9. The number of unbranched alkanes of at least 4 members (excludes halogenated alkanes) is 1. The van der Waals surface area contributed by atoms with Gasteiger partial charge in [0.05, 0.1) is 6.42 Å². The minimum absolute atomic E-state index is 0.0780. The number of rotatable bonds is 5. The van der Waals surface area contributed by atoms with Crippen molar-refractivity contribution in [3.05, 3.63) is 35.6 Å². The second-order valence-electron chi connectivity index (χ2n) is 5.63. The molecule has 5 heteroatoms. The molecular weight excluding hydrogens is 283 g/mol. The van der Waals surface area contributed by atoms with Crippen molar-refractivity contribution in [1.82, 2.24) is 9.80 Å². The number of halogens is 1. The lowest BCUT2D eigenvalue weighted by molar-refractivity contribution is -0.139. The Kier molecular flexibility index (Phi) is 5.92. The van der Waals surface area contributed by atoms with Crippen LogP contribution in [0, 0.1) is 5.82 Å². The normalized spacial score (nSPS) is 15.0. The molecule has 120 valence electrons. The maximum absolute atomic E-state index is 13.6. The summed E-state index contributed by atoms with van der Waals surface area (Å²) in [7, 11) is 0. The van der Waals surface area contributed by atoms with Crippen molar-refractivity contribution < 1.29 is 14.0 Å². The molecule has 1 aliphatic heterocycles. The number of amides is 2. The zero-order valence-corrected chi connectivity index (χ0v) is 13.1. The van der Waals surface area contributed by atoms with Crippen molar-refractivity contribution in [2.45, 2.75) is 32.6 Å². The maximum atomic E-state index is 13.6. The van der Waals surface area contributed by atoms with E-state index in [0.29, 0.717) is 38.2 Å². The van der Waals surface area contributed by atoms with Gasteiger partial charge in [-0.25, -0.2) is 4.39 Å². The van der Waals surface area contributed by atoms with Crippen LogP contribution in [0.1, 0.15) is 31.7 Å². The van der Waals surface area contributed by atoms with Gasteiger partial charge in [-0.2, -0.15) is 0 Å². The lowest BCUT2D eigenvalue weighted by atomic mass is 10.1. The highest BCUT2D eigenvalue weighted by atomic mass is 19.1. The van der Waals surface area contributed by atoms with Crippen LogP contribution in [0.3, 0.4) is 0 Å². The second kappa shape index (κ2) is 7.92. The predicted octanol–water partition coefficient (Wildman–Crippen LogP) is 2.23. The molecule has 0 atom stereocenters. The number of carbonyl (C=O) groups is 2. The fourth-order valence-corrected chi connectivity index (χ4v) is 2.61. The summed E-state index contributed by atoms with van der Waals surface area (Å²) in [5, 5.41) is 0. The first-order chi connectivity index (χ1) is 10.6. The molecule has 0 spiro atoms. The van der Waals surface area contributed by atoms with E-state index >= 15 is 0 Å². The fraction of sp³-hybridized carbons (Fsp3) is 0.529. The van der Waals surface area contributed by atoms with Crippen molar-refractivity contribution in [2.75, 3.05) is 26.2 Å². The molecular formula is C17H23FN2O2. The van der Waals surface area contributed by atoms with Gasteiger partial charge in [0, 0.05) is 32.6 Å². The molecule has 1 fully saturated rings. The molecule has 1 aromatic rings. The highest BCUT2D eigenvalue weighted by Gasteiger charge is 2.24. The molecule has 1 saturated heterocycles. The summed E-state index contributed by atoms with van der Waals surface area (Å²) in [6.07, 6.45) is 2.58. The quantitative estimate of drug-likeness (QED) is 0.837. The summed E-state index contributed by atoms with van der Waals surface area (Å²) in [5.74, 6) is -0.252. The molecule has 1 aliphatic rings. The van der Waals surface area contributed by atoms with E-state index in [-0.39, 0.29) is 24.1 Å². The van der Waals surface area contributed by atoms with Gasteiger partial charge in [0.15, 0.2) is 0 Å².